The van der Waals surface area contributed by atoms with Gasteiger partial charge >= 0.3 is 0 Å². The van der Waals surface area contributed by atoms with E-state index >= 15 is 0 Å². The summed E-state index contributed by atoms with van der Waals surface area (Å²) in [5.74, 6) is 0.164. The van der Waals surface area contributed by atoms with Crippen LogP contribution in [0.4, 0.5) is 0 Å². The predicted molar refractivity (Wildman–Crippen MR) is 87.2 cm³/mol. The van der Waals surface area contributed by atoms with Gasteiger partial charge in [-0.3, -0.25) is 0 Å². The Bertz CT molecular complexity index is 419. The van der Waals surface area contributed by atoms with Gasteiger partial charge in [-0.2, -0.15) is 0 Å². The van der Waals surface area contributed by atoms with Crippen LogP contribution in [0.1, 0.15) is 37.7 Å². The summed E-state index contributed by atoms with van der Waals surface area (Å²) in [6.07, 6.45) is 7.13. The van der Waals surface area contributed by atoms with Crippen molar-refractivity contribution in [2.75, 3.05) is 32.8 Å². The molecule has 1 saturated heterocycles. The smallest absolute Gasteiger partial charge is 0.134 e. The number of aromatic hydroxyl groups is 1. The average Bonchev–Trinajstić information content (AvgIpc) is 2.51. The molecule has 1 N–H and O–H groups in total. The van der Waals surface area contributed by atoms with Crippen molar-refractivity contribution in [3.63, 3.8) is 0 Å². The molecule has 0 aromatic heterocycles. The van der Waals surface area contributed by atoms with Crippen LogP contribution in [-0.4, -0.2) is 42.9 Å². The van der Waals surface area contributed by atoms with Crippen LogP contribution in [0.15, 0.2) is 18.2 Å². The highest BCUT2D eigenvalue weighted by atomic mass is 35.5. The van der Waals surface area contributed by atoms with Gasteiger partial charge in [0.2, 0.25) is 0 Å². The van der Waals surface area contributed by atoms with Crippen molar-refractivity contribution in [2.24, 2.45) is 0 Å². The van der Waals surface area contributed by atoms with E-state index in [0.29, 0.717) is 5.02 Å². The van der Waals surface area contributed by atoms with Crippen LogP contribution < -0.4 is 0 Å². The molecule has 0 radical (unpaired) electrons. The van der Waals surface area contributed by atoms with Crippen molar-refractivity contribution < 1.29 is 9.84 Å². The van der Waals surface area contributed by atoms with Gasteiger partial charge in [0, 0.05) is 19.8 Å². The number of ether oxygens (including phenoxy) is 1. The van der Waals surface area contributed by atoms with Crippen LogP contribution in [0.2, 0.25) is 5.02 Å². The Morgan fingerprint density at radius 1 is 1.10 bits per heavy atom. The third-order valence-corrected chi connectivity index (χ3v) is 4.30. The van der Waals surface area contributed by atoms with E-state index in [4.69, 9.17) is 16.3 Å². The van der Waals surface area contributed by atoms with Crippen molar-refractivity contribution in [1.82, 2.24) is 4.90 Å². The van der Waals surface area contributed by atoms with E-state index in [-0.39, 0.29) is 5.75 Å². The molecular formula is C17H26ClNO2. The normalized spacial score (nSPS) is 16.2. The Balaban J connectivity index is 1.48. The molecule has 1 aromatic carbocycles. The number of nitrogens with zero attached hydrogens (tertiary/aromatic N) is 1. The molecule has 2 rings (SSSR count). The number of aryl methyl sites for hydroxylation is 1. The van der Waals surface area contributed by atoms with E-state index < -0.39 is 0 Å². The Labute approximate surface area is 132 Å². The minimum Gasteiger partial charge on any atom is -0.506 e. The number of phenolic OH excluding ortho intramolecular Hbond substituents is 1. The molecule has 1 heterocycles. The van der Waals surface area contributed by atoms with E-state index in [0.717, 1.165) is 38.0 Å². The second-order valence-corrected chi connectivity index (χ2v) is 6.16. The van der Waals surface area contributed by atoms with Gasteiger partial charge in [0.25, 0.3) is 0 Å². The van der Waals surface area contributed by atoms with Crippen LogP contribution in [-0.2, 0) is 11.2 Å². The van der Waals surface area contributed by atoms with Gasteiger partial charge in [-0.05, 0) is 62.9 Å². The summed E-state index contributed by atoms with van der Waals surface area (Å²) < 4.78 is 5.69. The summed E-state index contributed by atoms with van der Waals surface area (Å²) >= 11 is 5.78. The summed E-state index contributed by atoms with van der Waals surface area (Å²) in [6, 6.07) is 5.43. The fraction of sp³-hybridized carbons (Fsp3) is 0.647. The third kappa shape index (κ3) is 6.25. The van der Waals surface area contributed by atoms with Crippen LogP contribution in [0.5, 0.6) is 5.75 Å². The van der Waals surface area contributed by atoms with Gasteiger partial charge in [0.15, 0.2) is 0 Å². The molecule has 1 aliphatic rings. The first-order valence-corrected chi connectivity index (χ1v) is 8.41. The zero-order chi connectivity index (χ0) is 14.9. The summed E-state index contributed by atoms with van der Waals surface area (Å²) in [5.41, 5.74) is 1.11. The molecule has 1 fully saturated rings. The number of hydrogen-bond acceptors (Lipinski definition) is 3. The number of likely N-dealkylation sites (tertiary alicyclic amines) is 1. The van der Waals surface area contributed by atoms with E-state index in [1.54, 1.807) is 12.1 Å². The quantitative estimate of drug-likeness (QED) is 0.740. The first-order valence-electron chi connectivity index (χ1n) is 8.03. The van der Waals surface area contributed by atoms with Crippen LogP contribution in [0.25, 0.3) is 0 Å². The highest BCUT2D eigenvalue weighted by molar-refractivity contribution is 6.31. The second-order valence-electron chi connectivity index (χ2n) is 5.76. The van der Waals surface area contributed by atoms with Gasteiger partial charge in [-0.1, -0.05) is 24.1 Å². The molecule has 0 atom stereocenters. The number of halogens is 1. The molecule has 3 nitrogen and oxygen atoms in total. The van der Waals surface area contributed by atoms with Crippen molar-refractivity contribution >= 4 is 11.6 Å². The lowest BCUT2D eigenvalue weighted by Crippen LogP contribution is -2.31. The Kier molecular flexibility index (Phi) is 7.34. The molecule has 1 aliphatic heterocycles. The van der Waals surface area contributed by atoms with Crippen molar-refractivity contribution in [3.8, 4) is 5.75 Å². The van der Waals surface area contributed by atoms with E-state index in [2.05, 4.69) is 4.90 Å². The van der Waals surface area contributed by atoms with Crippen molar-refractivity contribution in [2.45, 2.75) is 38.5 Å². The molecule has 0 bridgehead atoms. The fourth-order valence-electron chi connectivity index (χ4n) is 2.77. The number of hydrogen-bond donors (Lipinski definition) is 1. The molecule has 0 spiro atoms. The molecule has 0 aliphatic carbocycles. The molecule has 1 aromatic rings. The van der Waals surface area contributed by atoms with E-state index in [9.17, 15) is 5.11 Å². The summed E-state index contributed by atoms with van der Waals surface area (Å²) in [6.45, 7) is 5.33. The molecule has 0 saturated carbocycles. The summed E-state index contributed by atoms with van der Waals surface area (Å²) in [5, 5.41) is 9.94. The molecule has 0 amide bonds. The monoisotopic (exact) mass is 311 g/mol. The predicted octanol–water partition coefficient (Wildman–Crippen LogP) is 3.87. The van der Waals surface area contributed by atoms with Gasteiger partial charge in [-0.15, -0.1) is 0 Å². The first kappa shape index (κ1) is 16.6. The first-order chi connectivity index (χ1) is 10.3. The molecule has 4 heteroatoms. The zero-order valence-electron chi connectivity index (χ0n) is 12.7. The van der Waals surface area contributed by atoms with Crippen molar-refractivity contribution in [3.05, 3.63) is 28.8 Å². The van der Waals surface area contributed by atoms with Gasteiger partial charge < -0.3 is 14.7 Å². The maximum atomic E-state index is 9.53. The van der Waals surface area contributed by atoms with Gasteiger partial charge in [0.1, 0.15) is 5.75 Å². The number of piperidine rings is 1. The summed E-state index contributed by atoms with van der Waals surface area (Å²) in [7, 11) is 0. The number of benzene rings is 1. The van der Waals surface area contributed by atoms with Gasteiger partial charge in [0.05, 0.1) is 5.02 Å². The van der Waals surface area contributed by atoms with Crippen LogP contribution in [0.3, 0.4) is 0 Å². The number of rotatable bonds is 8. The minimum absolute atomic E-state index is 0.164. The standard InChI is InChI=1S/C17H26ClNO2/c18-16-8-7-15(14-17(16)20)6-4-12-21-13-5-11-19-9-2-1-3-10-19/h7-8,14,20H,1-6,9-13H2. The van der Waals surface area contributed by atoms with Crippen LogP contribution >= 0.6 is 11.6 Å². The van der Waals surface area contributed by atoms with E-state index in [1.807, 2.05) is 6.07 Å². The lowest BCUT2D eigenvalue weighted by atomic mass is 10.1. The average molecular weight is 312 g/mol. The molecule has 0 unspecified atom stereocenters. The topological polar surface area (TPSA) is 32.7 Å². The highest BCUT2D eigenvalue weighted by Gasteiger charge is 2.08. The maximum absolute atomic E-state index is 9.53. The van der Waals surface area contributed by atoms with E-state index in [1.165, 1.54) is 38.9 Å². The minimum atomic E-state index is 0.164. The zero-order valence-corrected chi connectivity index (χ0v) is 13.4. The lowest BCUT2D eigenvalue weighted by molar-refractivity contribution is 0.115. The third-order valence-electron chi connectivity index (χ3n) is 3.98. The van der Waals surface area contributed by atoms with Crippen molar-refractivity contribution in [1.29, 1.82) is 0 Å². The van der Waals surface area contributed by atoms with Gasteiger partial charge in [-0.25, -0.2) is 0 Å². The summed E-state index contributed by atoms with van der Waals surface area (Å²) in [4.78, 5) is 2.54. The molecule has 118 valence electrons. The Morgan fingerprint density at radius 2 is 1.86 bits per heavy atom. The Hall–Kier alpha value is -0.770. The SMILES string of the molecule is Oc1cc(CCCOCCCN2CCCCC2)ccc1Cl. The van der Waals surface area contributed by atoms with Crippen LogP contribution in [0, 0.1) is 0 Å². The maximum Gasteiger partial charge on any atom is 0.134 e. The molecule has 21 heavy (non-hydrogen) atoms. The largest absolute Gasteiger partial charge is 0.506 e. The Morgan fingerprint density at radius 3 is 2.62 bits per heavy atom. The number of phenols is 1. The second kappa shape index (κ2) is 9.29. The highest BCUT2D eigenvalue weighted by Crippen LogP contribution is 2.24. The fourth-order valence-corrected chi connectivity index (χ4v) is 2.88. The molecular weight excluding hydrogens is 286 g/mol. The lowest BCUT2D eigenvalue weighted by Gasteiger charge is -2.26.